The van der Waals surface area contributed by atoms with E-state index in [1.807, 2.05) is 12.1 Å². The smallest absolute Gasteiger partial charge is 0.136 e. The molecule has 0 fully saturated rings. The van der Waals surface area contributed by atoms with E-state index in [4.69, 9.17) is 4.74 Å². The van der Waals surface area contributed by atoms with Crippen molar-refractivity contribution in [1.29, 1.82) is 0 Å². The van der Waals surface area contributed by atoms with Gasteiger partial charge in [0, 0.05) is 18.7 Å². The van der Waals surface area contributed by atoms with Crippen molar-refractivity contribution in [3.63, 3.8) is 0 Å². The molecule has 0 aromatic heterocycles. The minimum Gasteiger partial charge on any atom is -0.484 e. The molecule has 1 heterocycles. The number of fused-ring (bicyclic) bond motifs is 1. The summed E-state index contributed by atoms with van der Waals surface area (Å²) < 4.78 is 6.28. The molecule has 1 unspecified atom stereocenters. The molecule has 1 aliphatic rings. The van der Waals surface area contributed by atoms with Gasteiger partial charge in [0.05, 0.1) is 0 Å². The average molecular weight is 279 g/mol. The van der Waals surface area contributed by atoms with Gasteiger partial charge in [0.15, 0.2) is 0 Å². The number of hydrogen-bond donors (Lipinski definition) is 0. The molecule has 21 heavy (non-hydrogen) atoms. The Kier molecular flexibility index (Phi) is 4.07. The van der Waals surface area contributed by atoms with Crippen molar-refractivity contribution in [1.82, 2.24) is 4.90 Å². The molecule has 2 nitrogen and oxygen atoms in total. The van der Waals surface area contributed by atoms with Crippen LogP contribution in [0.2, 0.25) is 0 Å². The summed E-state index contributed by atoms with van der Waals surface area (Å²) in [5, 5.41) is 0. The van der Waals surface area contributed by atoms with Gasteiger partial charge in [-0.2, -0.15) is 0 Å². The molecule has 0 spiro atoms. The molecule has 0 radical (unpaired) electrons. The van der Waals surface area contributed by atoms with Gasteiger partial charge in [-0.25, -0.2) is 0 Å². The van der Waals surface area contributed by atoms with Gasteiger partial charge in [0.25, 0.3) is 0 Å². The Hall–Kier alpha value is -2.06. The Morgan fingerprint density at radius 2 is 1.95 bits per heavy atom. The molecule has 0 saturated heterocycles. The molecule has 0 N–H and O–H groups in total. The van der Waals surface area contributed by atoms with E-state index in [0.29, 0.717) is 0 Å². The molecule has 0 saturated carbocycles. The molecular weight excluding hydrogens is 258 g/mol. The average Bonchev–Trinajstić information content (AvgIpc) is 2.74. The number of ether oxygens (including phenoxy) is 1. The molecule has 1 aliphatic heterocycles. The third kappa shape index (κ3) is 3.01. The van der Waals surface area contributed by atoms with Crippen LogP contribution in [-0.4, -0.2) is 18.0 Å². The summed E-state index contributed by atoms with van der Waals surface area (Å²) in [6.07, 6.45) is 1.94. The number of benzene rings is 2. The van der Waals surface area contributed by atoms with Crippen LogP contribution in [0.4, 0.5) is 0 Å². The first-order valence-electron chi connectivity index (χ1n) is 7.49. The van der Waals surface area contributed by atoms with Crippen molar-refractivity contribution in [3.05, 3.63) is 71.8 Å². The first-order chi connectivity index (χ1) is 10.3. The van der Waals surface area contributed by atoms with E-state index < -0.39 is 0 Å². The van der Waals surface area contributed by atoms with E-state index in [1.54, 1.807) is 0 Å². The molecule has 0 bridgehead atoms. The fourth-order valence-electron chi connectivity index (χ4n) is 2.74. The highest BCUT2D eigenvalue weighted by molar-refractivity contribution is 5.47. The highest BCUT2D eigenvalue weighted by Gasteiger charge is 2.23. The lowest BCUT2D eigenvalue weighted by Crippen LogP contribution is -2.27. The van der Waals surface area contributed by atoms with E-state index in [2.05, 4.69) is 60.9 Å². The Morgan fingerprint density at radius 1 is 1.19 bits per heavy atom. The molecule has 0 aliphatic carbocycles. The predicted molar refractivity (Wildman–Crippen MR) is 87.3 cm³/mol. The molecule has 2 aromatic carbocycles. The van der Waals surface area contributed by atoms with E-state index >= 15 is 0 Å². The van der Waals surface area contributed by atoms with E-state index in [0.717, 1.165) is 30.9 Å². The summed E-state index contributed by atoms with van der Waals surface area (Å²) >= 11 is 0. The fraction of sp³-hybridized carbons (Fsp3) is 0.263. The second-order valence-electron chi connectivity index (χ2n) is 5.41. The minimum atomic E-state index is 0.0764. The first kappa shape index (κ1) is 13.9. The lowest BCUT2D eigenvalue weighted by atomic mass is 10.1. The molecule has 1 atom stereocenters. The number of hydrogen-bond acceptors (Lipinski definition) is 2. The Balaban J connectivity index is 1.92. The van der Waals surface area contributed by atoms with Crippen LogP contribution < -0.4 is 4.74 Å². The van der Waals surface area contributed by atoms with E-state index in [1.165, 1.54) is 11.1 Å². The second kappa shape index (κ2) is 6.15. The van der Waals surface area contributed by atoms with Gasteiger partial charge < -0.3 is 4.74 Å². The maximum Gasteiger partial charge on any atom is 0.136 e. The summed E-state index contributed by atoms with van der Waals surface area (Å²) in [4.78, 5) is 2.43. The van der Waals surface area contributed by atoms with Gasteiger partial charge in [-0.1, -0.05) is 62.0 Å². The van der Waals surface area contributed by atoms with E-state index in [9.17, 15) is 0 Å². The summed E-state index contributed by atoms with van der Waals surface area (Å²) in [6.45, 7) is 8.90. The van der Waals surface area contributed by atoms with Gasteiger partial charge in [-0.15, -0.1) is 0 Å². The minimum absolute atomic E-state index is 0.0764. The van der Waals surface area contributed by atoms with Gasteiger partial charge in [0.2, 0.25) is 0 Å². The Labute approximate surface area is 126 Å². The van der Waals surface area contributed by atoms with Gasteiger partial charge in [-0.3, -0.25) is 4.90 Å². The quantitative estimate of drug-likeness (QED) is 0.831. The maximum atomic E-state index is 6.28. The third-order valence-electron chi connectivity index (χ3n) is 4.05. The largest absolute Gasteiger partial charge is 0.484 e. The van der Waals surface area contributed by atoms with Crippen LogP contribution in [0.1, 0.15) is 29.7 Å². The standard InChI is InChI=1S/C19H21NO/c1-3-15-9-11-16(12-10-15)19-14-20(4-2)13-17-7-5-6-8-18(17)21-19/h3,5-12,19H,1,4,13-14H2,2H3. The zero-order chi connectivity index (χ0) is 14.7. The van der Waals surface area contributed by atoms with Crippen molar-refractivity contribution < 1.29 is 4.74 Å². The molecule has 108 valence electrons. The highest BCUT2D eigenvalue weighted by atomic mass is 16.5. The maximum absolute atomic E-state index is 6.28. The van der Waals surface area contributed by atoms with Crippen LogP contribution in [0.3, 0.4) is 0 Å². The monoisotopic (exact) mass is 279 g/mol. The van der Waals surface area contributed by atoms with Crippen LogP contribution in [0, 0.1) is 0 Å². The van der Waals surface area contributed by atoms with Crippen molar-refractivity contribution in [2.45, 2.75) is 19.6 Å². The first-order valence-corrected chi connectivity index (χ1v) is 7.49. The van der Waals surface area contributed by atoms with Crippen molar-refractivity contribution >= 4 is 6.08 Å². The molecule has 0 amide bonds. The number of likely N-dealkylation sites (N-methyl/N-ethyl adjacent to an activating group) is 1. The zero-order valence-electron chi connectivity index (χ0n) is 12.5. The molecule has 2 aromatic rings. The van der Waals surface area contributed by atoms with Crippen LogP contribution in [-0.2, 0) is 6.54 Å². The van der Waals surface area contributed by atoms with Crippen molar-refractivity contribution in [2.75, 3.05) is 13.1 Å². The van der Waals surface area contributed by atoms with Crippen molar-refractivity contribution in [3.8, 4) is 5.75 Å². The fourth-order valence-corrected chi connectivity index (χ4v) is 2.74. The number of para-hydroxylation sites is 1. The second-order valence-corrected chi connectivity index (χ2v) is 5.41. The summed E-state index contributed by atoms with van der Waals surface area (Å²) in [6, 6.07) is 16.8. The lowest BCUT2D eigenvalue weighted by Gasteiger charge is -2.23. The van der Waals surface area contributed by atoms with Crippen LogP contribution in [0.15, 0.2) is 55.1 Å². The van der Waals surface area contributed by atoms with E-state index in [-0.39, 0.29) is 6.10 Å². The lowest BCUT2D eigenvalue weighted by molar-refractivity contribution is 0.152. The van der Waals surface area contributed by atoms with Crippen LogP contribution >= 0.6 is 0 Å². The third-order valence-corrected chi connectivity index (χ3v) is 4.05. The predicted octanol–water partition coefficient (Wildman–Crippen LogP) is 4.29. The molecule has 3 rings (SSSR count). The van der Waals surface area contributed by atoms with Crippen LogP contribution in [0.5, 0.6) is 5.75 Å². The zero-order valence-corrected chi connectivity index (χ0v) is 12.5. The topological polar surface area (TPSA) is 12.5 Å². The van der Waals surface area contributed by atoms with Gasteiger partial charge >= 0.3 is 0 Å². The summed E-state index contributed by atoms with van der Waals surface area (Å²) in [5.41, 5.74) is 3.63. The highest BCUT2D eigenvalue weighted by Crippen LogP contribution is 2.31. The molecule has 2 heteroatoms. The summed E-state index contributed by atoms with van der Waals surface area (Å²) in [7, 11) is 0. The normalized spacial score (nSPS) is 18.4. The number of rotatable bonds is 3. The van der Waals surface area contributed by atoms with Gasteiger partial charge in [-0.05, 0) is 23.7 Å². The Bertz CT molecular complexity index is 618. The van der Waals surface area contributed by atoms with Crippen molar-refractivity contribution in [2.24, 2.45) is 0 Å². The SMILES string of the molecule is C=Cc1ccc(C2CN(CC)Cc3ccccc3O2)cc1. The number of nitrogens with zero attached hydrogens (tertiary/aromatic N) is 1. The summed E-state index contributed by atoms with van der Waals surface area (Å²) in [5.74, 6) is 1.01. The van der Waals surface area contributed by atoms with Gasteiger partial charge in [0.1, 0.15) is 11.9 Å². The molecular formula is C19H21NO. The van der Waals surface area contributed by atoms with Crippen LogP contribution in [0.25, 0.3) is 6.08 Å². The Morgan fingerprint density at radius 3 is 2.67 bits per heavy atom.